The van der Waals surface area contributed by atoms with Crippen molar-refractivity contribution in [2.45, 2.75) is 96.8 Å². The summed E-state index contributed by atoms with van der Waals surface area (Å²) in [6, 6.07) is 6.19. The lowest BCUT2D eigenvalue weighted by molar-refractivity contribution is 0.0251. The van der Waals surface area contributed by atoms with Crippen molar-refractivity contribution in [3.05, 3.63) is 29.3 Å². The molecule has 0 aliphatic heterocycles. The number of aromatic hydroxyl groups is 1. The molecule has 0 aromatic heterocycles. The molecule has 0 unspecified atom stereocenters. The van der Waals surface area contributed by atoms with Crippen molar-refractivity contribution in [1.82, 2.24) is 0 Å². The summed E-state index contributed by atoms with van der Waals surface area (Å²) in [7, 11) is 0. The van der Waals surface area contributed by atoms with Crippen LogP contribution in [0.25, 0.3) is 0 Å². The van der Waals surface area contributed by atoms with Crippen LogP contribution in [-0.2, 0) is 6.42 Å². The van der Waals surface area contributed by atoms with Crippen LogP contribution in [0.2, 0.25) is 0 Å². The molecule has 1 heteroatoms. The zero-order valence-electron chi connectivity index (χ0n) is 17.0. The van der Waals surface area contributed by atoms with Crippen LogP contribution in [0.1, 0.15) is 102 Å². The highest BCUT2D eigenvalue weighted by atomic mass is 16.3. The van der Waals surface area contributed by atoms with Crippen LogP contribution < -0.4 is 0 Å². The summed E-state index contributed by atoms with van der Waals surface area (Å²) >= 11 is 0. The Labute approximate surface area is 160 Å². The smallest absolute Gasteiger partial charge is 0.115 e. The molecule has 3 aliphatic carbocycles. The predicted octanol–water partition coefficient (Wildman–Crippen LogP) is 7.23. The van der Waals surface area contributed by atoms with Crippen LogP contribution in [-0.4, -0.2) is 5.11 Å². The van der Waals surface area contributed by atoms with Gasteiger partial charge in [-0.05, 0) is 97.3 Å². The fourth-order valence-electron chi connectivity index (χ4n) is 7.15. The minimum absolute atomic E-state index is 0.451. The Kier molecular flexibility index (Phi) is 5.35. The number of aryl methyl sites for hydroxylation is 1. The van der Waals surface area contributed by atoms with Crippen molar-refractivity contribution >= 4 is 0 Å². The van der Waals surface area contributed by atoms with Crippen molar-refractivity contribution in [2.75, 3.05) is 0 Å². The Balaban J connectivity index is 1.44. The van der Waals surface area contributed by atoms with E-state index < -0.39 is 0 Å². The average molecular weight is 355 g/mol. The van der Waals surface area contributed by atoms with E-state index in [4.69, 9.17) is 0 Å². The third kappa shape index (κ3) is 3.20. The van der Waals surface area contributed by atoms with Crippen molar-refractivity contribution in [3.63, 3.8) is 0 Å². The number of benzene rings is 1. The van der Waals surface area contributed by atoms with Crippen molar-refractivity contribution in [2.24, 2.45) is 23.2 Å². The third-order valence-corrected chi connectivity index (χ3v) is 8.56. The van der Waals surface area contributed by atoms with Crippen molar-refractivity contribution in [1.29, 1.82) is 0 Å². The summed E-state index contributed by atoms with van der Waals surface area (Å²) < 4.78 is 0. The highest BCUT2D eigenvalue weighted by molar-refractivity contribution is 5.40. The molecular weight excluding hydrogens is 316 g/mol. The first-order valence-electron chi connectivity index (χ1n) is 11.4. The summed E-state index contributed by atoms with van der Waals surface area (Å²) in [6.45, 7) is 4.97. The Hall–Kier alpha value is -0.980. The highest BCUT2D eigenvalue weighted by Crippen LogP contribution is 2.63. The van der Waals surface area contributed by atoms with Gasteiger partial charge in [0.25, 0.3) is 0 Å². The monoisotopic (exact) mass is 354 g/mol. The Morgan fingerprint density at radius 1 is 1.04 bits per heavy atom. The Morgan fingerprint density at radius 3 is 2.73 bits per heavy atom. The van der Waals surface area contributed by atoms with Gasteiger partial charge in [-0.1, -0.05) is 52.0 Å². The molecule has 4 rings (SSSR count). The number of phenols is 1. The molecule has 0 spiro atoms. The second-order valence-electron chi connectivity index (χ2n) is 9.82. The van der Waals surface area contributed by atoms with Gasteiger partial charge in [0.05, 0.1) is 0 Å². The van der Waals surface area contributed by atoms with Gasteiger partial charge in [-0.25, -0.2) is 0 Å². The van der Waals surface area contributed by atoms with Gasteiger partial charge < -0.3 is 5.11 Å². The number of hydrogen-bond donors (Lipinski definition) is 1. The number of hydrogen-bond acceptors (Lipinski definition) is 1. The summed E-state index contributed by atoms with van der Waals surface area (Å²) in [5.74, 6) is 4.05. The summed E-state index contributed by atoms with van der Waals surface area (Å²) in [4.78, 5) is 0. The molecule has 2 saturated carbocycles. The third-order valence-electron chi connectivity index (χ3n) is 8.56. The lowest BCUT2D eigenvalue weighted by atomic mass is 9.54. The molecule has 0 saturated heterocycles. The van der Waals surface area contributed by atoms with E-state index in [0.29, 0.717) is 11.2 Å². The molecular formula is C25H38O. The number of fused-ring (bicyclic) bond motifs is 5. The van der Waals surface area contributed by atoms with Gasteiger partial charge in [-0.2, -0.15) is 0 Å². The first-order valence-corrected chi connectivity index (χ1v) is 11.4. The molecule has 1 nitrogen and oxygen atoms in total. The maximum Gasteiger partial charge on any atom is 0.115 e. The first-order chi connectivity index (χ1) is 12.6. The van der Waals surface area contributed by atoms with Gasteiger partial charge in [-0.15, -0.1) is 0 Å². The van der Waals surface area contributed by atoms with E-state index in [2.05, 4.69) is 19.9 Å². The molecule has 5 atom stereocenters. The van der Waals surface area contributed by atoms with Crippen LogP contribution in [0, 0.1) is 23.2 Å². The molecule has 1 N–H and O–H groups in total. The van der Waals surface area contributed by atoms with E-state index in [1.165, 1.54) is 82.6 Å². The van der Waals surface area contributed by atoms with Gasteiger partial charge in [-0.3, -0.25) is 0 Å². The van der Waals surface area contributed by atoms with Crippen molar-refractivity contribution < 1.29 is 5.11 Å². The number of phenolic OH excluding ortho intramolecular Hbond substituents is 1. The maximum absolute atomic E-state index is 9.85. The van der Waals surface area contributed by atoms with Gasteiger partial charge in [0.15, 0.2) is 0 Å². The van der Waals surface area contributed by atoms with E-state index in [1.54, 1.807) is 5.56 Å². The summed E-state index contributed by atoms with van der Waals surface area (Å²) in [5, 5.41) is 9.85. The van der Waals surface area contributed by atoms with Crippen LogP contribution >= 0.6 is 0 Å². The van der Waals surface area contributed by atoms with E-state index in [0.717, 1.165) is 23.7 Å². The molecule has 0 amide bonds. The SMILES string of the molecule is CCCCCCC[C@H]1CC[C@H]2[C@@H]3CCc4cc(O)ccc4[C@H]3CC[C@]12C. The standard InChI is InChI=1S/C25H38O/c1-3-4-5-6-7-8-19-10-14-24-23-12-9-18-17-20(26)11-13-21(18)22(23)15-16-25(19,24)2/h11,13,17,19,22-24,26H,3-10,12,14-16H2,1-2H3/t19-,22+,23+,24-,25+/m0/s1. The minimum Gasteiger partial charge on any atom is -0.508 e. The second-order valence-corrected chi connectivity index (χ2v) is 9.82. The molecule has 1 aromatic rings. The van der Waals surface area contributed by atoms with E-state index in [1.807, 2.05) is 12.1 Å². The Bertz CT molecular complexity index is 621. The molecule has 0 heterocycles. The van der Waals surface area contributed by atoms with Crippen molar-refractivity contribution in [3.8, 4) is 5.75 Å². The van der Waals surface area contributed by atoms with Crippen LogP contribution in [0.5, 0.6) is 5.75 Å². The fraction of sp³-hybridized carbons (Fsp3) is 0.760. The Morgan fingerprint density at radius 2 is 1.88 bits per heavy atom. The maximum atomic E-state index is 9.85. The topological polar surface area (TPSA) is 20.2 Å². The first kappa shape index (κ1) is 18.4. The van der Waals surface area contributed by atoms with Gasteiger partial charge in [0, 0.05) is 0 Å². The summed E-state index contributed by atoms with van der Waals surface area (Å²) in [5.41, 5.74) is 3.62. The normalized spacial score (nSPS) is 35.6. The predicted molar refractivity (Wildman–Crippen MR) is 110 cm³/mol. The lowest BCUT2D eigenvalue weighted by Crippen LogP contribution is -2.42. The van der Waals surface area contributed by atoms with E-state index in [9.17, 15) is 5.11 Å². The molecule has 2 fully saturated rings. The molecule has 144 valence electrons. The molecule has 3 aliphatic rings. The largest absolute Gasteiger partial charge is 0.508 e. The van der Waals surface area contributed by atoms with Crippen LogP contribution in [0.15, 0.2) is 18.2 Å². The number of rotatable bonds is 6. The second kappa shape index (κ2) is 7.56. The van der Waals surface area contributed by atoms with Gasteiger partial charge in [0.1, 0.15) is 5.75 Å². The zero-order chi connectivity index (χ0) is 18.1. The molecule has 1 aromatic carbocycles. The minimum atomic E-state index is 0.451. The average Bonchev–Trinajstić information content (AvgIpc) is 2.97. The highest BCUT2D eigenvalue weighted by Gasteiger charge is 2.54. The van der Waals surface area contributed by atoms with Gasteiger partial charge in [0.2, 0.25) is 0 Å². The van der Waals surface area contributed by atoms with Crippen LogP contribution in [0.3, 0.4) is 0 Å². The van der Waals surface area contributed by atoms with E-state index in [-0.39, 0.29) is 0 Å². The molecule has 0 radical (unpaired) electrons. The zero-order valence-corrected chi connectivity index (χ0v) is 17.0. The molecule has 26 heavy (non-hydrogen) atoms. The van der Waals surface area contributed by atoms with Gasteiger partial charge >= 0.3 is 0 Å². The summed E-state index contributed by atoms with van der Waals surface area (Å²) in [6.07, 6.45) is 16.9. The number of unbranched alkanes of at least 4 members (excludes halogenated alkanes) is 4. The fourth-order valence-corrected chi connectivity index (χ4v) is 7.15. The van der Waals surface area contributed by atoms with E-state index >= 15 is 0 Å². The quantitative estimate of drug-likeness (QED) is 0.534. The lowest BCUT2D eigenvalue weighted by Gasteiger charge is -2.51. The molecule has 0 bridgehead atoms. The van der Waals surface area contributed by atoms with Crippen LogP contribution in [0.4, 0.5) is 0 Å².